The summed E-state index contributed by atoms with van der Waals surface area (Å²) in [5.74, 6) is 0. The molecule has 4 nitrogen and oxygen atoms in total. The van der Waals surface area contributed by atoms with Crippen LogP contribution in [0.4, 0.5) is 4.79 Å². The van der Waals surface area contributed by atoms with Crippen molar-refractivity contribution in [1.29, 1.82) is 0 Å². The zero-order valence-corrected chi connectivity index (χ0v) is 16.2. The van der Waals surface area contributed by atoms with Crippen LogP contribution < -0.4 is 5.32 Å². The number of rotatable bonds is 7. The summed E-state index contributed by atoms with van der Waals surface area (Å²) in [4.78, 5) is 14.3. The fourth-order valence-electron chi connectivity index (χ4n) is 2.84. The van der Waals surface area contributed by atoms with E-state index < -0.39 is 5.60 Å². The standard InChI is InChI=1S/C20H29ClN2O2/c1-20(2,3)25-19(24)23(17-7-8-17)11-10-14-4-9-18(21)15(12-14)13-22-16-5-6-16/h4,9,12,16-17,22H,5-8,10-11,13H2,1-3H3. The quantitative estimate of drug-likeness (QED) is 0.772. The Morgan fingerprint density at radius 1 is 1.28 bits per heavy atom. The van der Waals surface area contributed by atoms with Gasteiger partial charge in [0, 0.05) is 30.2 Å². The molecule has 0 saturated heterocycles. The number of hydrogen-bond donors (Lipinski definition) is 1. The van der Waals surface area contributed by atoms with Gasteiger partial charge in [-0.3, -0.25) is 0 Å². The highest BCUT2D eigenvalue weighted by Crippen LogP contribution is 2.29. The SMILES string of the molecule is CC(C)(C)OC(=O)N(CCc1ccc(Cl)c(CNC2CC2)c1)C1CC1. The van der Waals surface area contributed by atoms with E-state index in [1.807, 2.05) is 31.7 Å². The average molecular weight is 365 g/mol. The molecule has 0 atom stereocenters. The molecule has 2 saturated carbocycles. The van der Waals surface area contributed by atoms with Crippen LogP contribution in [0, 0.1) is 0 Å². The largest absolute Gasteiger partial charge is 0.444 e. The molecule has 1 aromatic carbocycles. The van der Waals surface area contributed by atoms with Gasteiger partial charge in [0.1, 0.15) is 5.60 Å². The third-order valence-electron chi connectivity index (χ3n) is 4.53. The Balaban J connectivity index is 1.58. The Bertz CT molecular complexity index is 619. The summed E-state index contributed by atoms with van der Waals surface area (Å²) in [5, 5.41) is 4.32. The fourth-order valence-corrected chi connectivity index (χ4v) is 3.02. The van der Waals surface area contributed by atoms with Gasteiger partial charge in [-0.05, 0) is 70.1 Å². The topological polar surface area (TPSA) is 41.6 Å². The second-order valence-electron chi connectivity index (χ2n) is 8.24. The molecule has 0 aromatic heterocycles. The van der Waals surface area contributed by atoms with E-state index in [4.69, 9.17) is 16.3 Å². The molecule has 1 amide bonds. The second-order valence-corrected chi connectivity index (χ2v) is 8.64. The minimum absolute atomic E-state index is 0.195. The highest BCUT2D eigenvalue weighted by atomic mass is 35.5. The predicted octanol–water partition coefficient (Wildman–Crippen LogP) is 4.53. The number of benzene rings is 1. The third kappa shape index (κ3) is 5.89. The molecular weight excluding hydrogens is 336 g/mol. The van der Waals surface area contributed by atoms with Crippen molar-refractivity contribution in [3.05, 3.63) is 34.3 Å². The van der Waals surface area contributed by atoms with Crippen LogP contribution in [-0.2, 0) is 17.7 Å². The molecule has 138 valence electrons. The summed E-state index contributed by atoms with van der Waals surface area (Å²) in [6, 6.07) is 7.20. The van der Waals surface area contributed by atoms with Gasteiger partial charge < -0.3 is 15.0 Å². The van der Waals surface area contributed by atoms with Gasteiger partial charge in [0.15, 0.2) is 0 Å². The lowest BCUT2D eigenvalue weighted by molar-refractivity contribution is 0.0236. The minimum atomic E-state index is -0.452. The molecule has 0 spiro atoms. The van der Waals surface area contributed by atoms with Gasteiger partial charge >= 0.3 is 6.09 Å². The van der Waals surface area contributed by atoms with E-state index in [0.717, 1.165) is 36.4 Å². The monoisotopic (exact) mass is 364 g/mol. The van der Waals surface area contributed by atoms with E-state index in [2.05, 4.69) is 17.4 Å². The number of nitrogens with one attached hydrogen (secondary N) is 1. The summed E-state index contributed by atoms with van der Waals surface area (Å²) >= 11 is 6.32. The van der Waals surface area contributed by atoms with Crippen LogP contribution in [0.2, 0.25) is 5.02 Å². The van der Waals surface area contributed by atoms with Crippen LogP contribution in [-0.4, -0.2) is 35.2 Å². The summed E-state index contributed by atoms with van der Waals surface area (Å²) in [6.07, 6.45) is 5.32. The van der Waals surface area contributed by atoms with Crippen molar-refractivity contribution in [3.8, 4) is 0 Å². The number of nitrogens with zero attached hydrogens (tertiary/aromatic N) is 1. The smallest absolute Gasteiger partial charge is 0.410 e. The van der Waals surface area contributed by atoms with Gasteiger partial charge in [-0.25, -0.2) is 4.79 Å². The maximum Gasteiger partial charge on any atom is 0.410 e. The van der Waals surface area contributed by atoms with Crippen molar-refractivity contribution in [3.63, 3.8) is 0 Å². The molecule has 2 aliphatic rings. The molecule has 0 bridgehead atoms. The lowest BCUT2D eigenvalue weighted by Gasteiger charge is -2.27. The molecule has 3 rings (SSSR count). The van der Waals surface area contributed by atoms with Crippen LogP contribution in [0.15, 0.2) is 18.2 Å². The number of ether oxygens (including phenoxy) is 1. The first-order chi connectivity index (χ1) is 11.8. The van der Waals surface area contributed by atoms with Crippen molar-refractivity contribution in [2.45, 2.75) is 77.1 Å². The van der Waals surface area contributed by atoms with E-state index in [1.54, 1.807) is 0 Å². The first-order valence-corrected chi connectivity index (χ1v) is 9.70. The first kappa shape index (κ1) is 18.5. The van der Waals surface area contributed by atoms with E-state index in [9.17, 15) is 4.79 Å². The van der Waals surface area contributed by atoms with Gasteiger partial charge in [0.05, 0.1) is 0 Å². The molecular formula is C20H29ClN2O2. The molecule has 0 heterocycles. The molecule has 1 N–H and O–H groups in total. The predicted molar refractivity (Wildman–Crippen MR) is 101 cm³/mol. The first-order valence-electron chi connectivity index (χ1n) is 9.32. The summed E-state index contributed by atoms with van der Waals surface area (Å²) in [6.45, 7) is 7.24. The van der Waals surface area contributed by atoms with E-state index in [-0.39, 0.29) is 6.09 Å². The summed E-state index contributed by atoms with van der Waals surface area (Å²) in [7, 11) is 0. The molecule has 0 aliphatic heterocycles. The molecule has 0 radical (unpaired) electrons. The number of carbonyl (C=O) groups is 1. The maximum atomic E-state index is 12.4. The zero-order valence-electron chi connectivity index (χ0n) is 15.5. The highest BCUT2D eigenvalue weighted by molar-refractivity contribution is 6.31. The van der Waals surface area contributed by atoms with E-state index >= 15 is 0 Å². The highest BCUT2D eigenvalue weighted by Gasteiger charge is 2.34. The minimum Gasteiger partial charge on any atom is -0.444 e. The Morgan fingerprint density at radius 2 is 2.00 bits per heavy atom. The van der Waals surface area contributed by atoms with E-state index in [1.165, 1.54) is 18.4 Å². The van der Waals surface area contributed by atoms with Gasteiger partial charge in [-0.2, -0.15) is 0 Å². The molecule has 2 fully saturated rings. The van der Waals surface area contributed by atoms with Crippen molar-refractivity contribution in [1.82, 2.24) is 10.2 Å². The normalized spacial score (nSPS) is 17.4. The lowest BCUT2D eigenvalue weighted by atomic mass is 10.1. The fraction of sp³-hybridized carbons (Fsp3) is 0.650. The van der Waals surface area contributed by atoms with Crippen LogP contribution >= 0.6 is 11.6 Å². The maximum absolute atomic E-state index is 12.4. The molecule has 1 aromatic rings. The third-order valence-corrected chi connectivity index (χ3v) is 4.89. The van der Waals surface area contributed by atoms with Gasteiger partial charge in [0.25, 0.3) is 0 Å². The van der Waals surface area contributed by atoms with Crippen LogP contribution in [0.25, 0.3) is 0 Å². The average Bonchev–Trinajstić information content (AvgIpc) is 3.40. The lowest BCUT2D eigenvalue weighted by Crippen LogP contribution is -2.39. The Labute approximate surface area is 155 Å². The molecule has 25 heavy (non-hydrogen) atoms. The van der Waals surface area contributed by atoms with Gasteiger partial charge in [-0.1, -0.05) is 23.7 Å². The van der Waals surface area contributed by atoms with Crippen LogP contribution in [0.5, 0.6) is 0 Å². The Hall–Kier alpha value is -1.26. The Kier molecular flexibility index (Phi) is 5.59. The Morgan fingerprint density at radius 3 is 2.60 bits per heavy atom. The van der Waals surface area contributed by atoms with Crippen molar-refractivity contribution >= 4 is 17.7 Å². The number of halogens is 1. The molecule has 0 unspecified atom stereocenters. The van der Waals surface area contributed by atoms with Crippen LogP contribution in [0.3, 0.4) is 0 Å². The summed E-state index contributed by atoms with van der Waals surface area (Å²) in [5.41, 5.74) is 1.90. The van der Waals surface area contributed by atoms with Crippen molar-refractivity contribution in [2.75, 3.05) is 6.54 Å². The number of carbonyl (C=O) groups excluding carboxylic acids is 1. The molecule has 2 aliphatic carbocycles. The van der Waals surface area contributed by atoms with Crippen molar-refractivity contribution in [2.24, 2.45) is 0 Å². The van der Waals surface area contributed by atoms with Gasteiger partial charge in [-0.15, -0.1) is 0 Å². The second kappa shape index (κ2) is 7.55. The number of amides is 1. The molecule has 5 heteroatoms. The van der Waals surface area contributed by atoms with Gasteiger partial charge in [0.2, 0.25) is 0 Å². The van der Waals surface area contributed by atoms with Crippen LogP contribution in [0.1, 0.15) is 57.6 Å². The van der Waals surface area contributed by atoms with Crippen molar-refractivity contribution < 1.29 is 9.53 Å². The van der Waals surface area contributed by atoms with E-state index in [0.29, 0.717) is 18.6 Å². The zero-order chi connectivity index (χ0) is 18.0. The summed E-state index contributed by atoms with van der Waals surface area (Å²) < 4.78 is 5.56. The number of hydrogen-bond acceptors (Lipinski definition) is 3.